The van der Waals surface area contributed by atoms with E-state index in [1.807, 2.05) is 4.90 Å². The summed E-state index contributed by atoms with van der Waals surface area (Å²) in [4.78, 5) is 13.8. The van der Waals surface area contributed by atoms with E-state index < -0.39 is 5.82 Å². The van der Waals surface area contributed by atoms with Crippen LogP contribution in [0.15, 0.2) is 12.1 Å². The standard InChI is InChI=1S/C13H15Cl2FN2O/c14-10-6-9(16)7-11(15)13(10)17-8-12(19)18-4-2-1-3-5-18/h6-7,17H,1-5,8H2. The van der Waals surface area contributed by atoms with Crippen LogP contribution in [-0.2, 0) is 4.79 Å². The molecule has 1 saturated heterocycles. The Bertz CT molecular complexity index is 453. The molecule has 0 spiro atoms. The predicted molar refractivity (Wildman–Crippen MR) is 75.3 cm³/mol. The number of halogens is 3. The minimum atomic E-state index is -0.497. The lowest BCUT2D eigenvalue weighted by atomic mass is 10.1. The zero-order valence-corrected chi connectivity index (χ0v) is 11.9. The number of rotatable bonds is 3. The van der Waals surface area contributed by atoms with Crippen molar-refractivity contribution in [2.75, 3.05) is 25.0 Å². The number of nitrogens with zero attached hydrogens (tertiary/aromatic N) is 1. The van der Waals surface area contributed by atoms with Crippen molar-refractivity contribution in [2.24, 2.45) is 0 Å². The summed E-state index contributed by atoms with van der Waals surface area (Å²) < 4.78 is 13.0. The highest BCUT2D eigenvalue weighted by molar-refractivity contribution is 6.39. The SMILES string of the molecule is O=C(CNc1c(Cl)cc(F)cc1Cl)N1CCCCC1. The fraction of sp³-hybridized carbons (Fsp3) is 0.462. The smallest absolute Gasteiger partial charge is 0.241 e. The van der Waals surface area contributed by atoms with Gasteiger partial charge in [0.1, 0.15) is 5.82 Å². The van der Waals surface area contributed by atoms with Crippen LogP contribution < -0.4 is 5.32 Å². The van der Waals surface area contributed by atoms with Crippen LogP contribution in [0.2, 0.25) is 10.0 Å². The fourth-order valence-corrected chi connectivity index (χ4v) is 2.72. The molecule has 1 aliphatic heterocycles. The molecule has 0 atom stereocenters. The molecule has 19 heavy (non-hydrogen) atoms. The first-order valence-electron chi connectivity index (χ1n) is 6.24. The van der Waals surface area contributed by atoms with Gasteiger partial charge in [-0.05, 0) is 31.4 Å². The van der Waals surface area contributed by atoms with E-state index in [1.165, 1.54) is 18.6 Å². The highest BCUT2D eigenvalue weighted by atomic mass is 35.5. The number of anilines is 1. The van der Waals surface area contributed by atoms with Gasteiger partial charge in [0, 0.05) is 13.1 Å². The normalized spacial score (nSPS) is 15.4. The van der Waals surface area contributed by atoms with Crippen LogP contribution in [0.1, 0.15) is 19.3 Å². The summed E-state index contributed by atoms with van der Waals surface area (Å²) in [7, 11) is 0. The van der Waals surface area contributed by atoms with Crippen LogP contribution >= 0.6 is 23.2 Å². The molecule has 0 aromatic heterocycles. The zero-order chi connectivity index (χ0) is 13.8. The number of hydrogen-bond acceptors (Lipinski definition) is 2. The van der Waals surface area contributed by atoms with Gasteiger partial charge in [-0.1, -0.05) is 23.2 Å². The van der Waals surface area contributed by atoms with Gasteiger partial charge in [-0.2, -0.15) is 0 Å². The summed E-state index contributed by atoms with van der Waals surface area (Å²) in [6, 6.07) is 2.34. The Hall–Kier alpha value is -1.00. The van der Waals surface area contributed by atoms with Crippen molar-refractivity contribution in [1.29, 1.82) is 0 Å². The topological polar surface area (TPSA) is 32.3 Å². The predicted octanol–water partition coefficient (Wildman–Crippen LogP) is 3.56. The Morgan fingerprint density at radius 1 is 1.21 bits per heavy atom. The van der Waals surface area contributed by atoms with Crippen molar-refractivity contribution >= 4 is 34.8 Å². The first-order valence-corrected chi connectivity index (χ1v) is 6.99. The number of benzene rings is 1. The van der Waals surface area contributed by atoms with E-state index in [0.717, 1.165) is 25.9 Å². The fourth-order valence-electron chi connectivity index (χ4n) is 2.13. The maximum absolute atomic E-state index is 13.0. The third-order valence-electron chi connectivity index (χ3n) is 3.13. The molecule has 2 rings (SSSR count). The molecule has 1 N–H and O–H groups in total. The van der Waals surface area contributed by atoms with Crippen LogP contribution in [0.3, 0.4) is 0 Å². The zero-order valence-electron chi connectivity index (χ0n) is 10.4. The van der Waals surface area contributed by atoms with Crippen LogP contribution in [-0.4, -0.2) is 30.4 Å². The van der Waals surface area contributed by atoms with Gasteiger partial charge in [-0.3, -0.25) is 4.79 Å². The van der Waals surface area contributed by atoms with E-state index in [0.29, 0.717) is 5.69 Å². The molecule has 1 heterocycles. The second-order valence-electron chi connectivity index (χ2n) is 4.54. The molecule has 6 heteroatoms. The molecular weight excluding hydrogens is 290 g/mol. The van der Waals surface area contributed by atoms with Gasteiger partial charge in [0.25, 0.3) is 0 Å². The second-order valence-corrected chi connectivity index (χ2v) is 5.35. The molecule has 1 amide bonds. The summed E-state index contributed by atoms with van der Waals surface area (Å²) in [5, 5.41) is 3.24. The van der Waals surface area contributed by atoms with Gasteiger partial charge >= 0.3 is 0 Å². The van der Waals surface area contributed by atoms with Gasteiger partial charge in [0.05, 0.1) is 22.3 Å². The highest BCUT2D eigenvalue weighted by Gasteiger charge is 2.17. The lowest BCUT2D eigenvalue weighted by molar-refractivity contribution is -0.130. The summed E-state index contributed by atoms with van der Waals surface area (Å²) in [6.45, 7) is 1.71. The van der Waals surface area contributed by atoms with Crippen LogP contribution in [0.5, 0.6) is 0 Å². The molecule has 3 nitrogen and oxygen atoms in total. The van der Waals surface area contributed by atoms with E-state index in [1.54, 1.807) is 0 Å². The molecule has 0 unspecified atom stereocenters. The molecule has 0 bridgehead atoms. The van der Waals surface area contributed by atoms with Crippen molar-refractivity contribution in [3.63, 3.8) is 0 Å². The number of carbonyl (C=O) groups excluding carboxylic acids is 1. The summed E-state index contributed by atoms with van der Waals surface area (Å²) in [5.41, 5.74) is 0.398. The van der Waals surface area contributed by atoms with E-state index >= 15 is 0 Å². The quantitative estimate of drug-likeness (QED) is 0.926. The summed E-state index contributed by atoms with van der Waals surface area (Å²) in [6.07, 6.45) is 3.26. The molecule has 0 radical (unpaired) electrons. The average Bonchev–Trinajstić information content (AvgIpc) is 2.38. The summed E-state index contributed by atoms with van der Waals surface area (Å²) >= 11 is 11.8. The number of nitrogens with one attached hydrogen (secondary N) is 1. The first kappa shape index (κ1) is 14.4. The molecular formula is C13H15Cl2FN2O. The number of piperidine rings is 1. The van der Waals surface area contributed by atoms with Crippen LogP contribution in [0.25, 0.3) is 0 Å². The number of hydrogen-bond donors (Lipinski definition) is 1. The maximum Gasteiger partial charge on any atom is 0.241 e. The van der Waals surface area contributed by atoms with Crippen molar-refractivity contribution in [2.45, 2.75) is 19.3 Å². The molecule has 104 valence electrons. The largest absolute Gasteiger partial charge is 0.374 e. The van der Waals surface area contributed by atoms with Crippen LogP contribution in [0, 0.1) is 5.82 Å². The van der Waals surface area contributed by atoms with Crippen molar-refractivity contribution < 1.29 is 9.18 Å². The Morgan fingerprint density at radius 3 is 2.37 bits per heavy atom. The monoisotopic (exact) mass is 304 g/mol. The molecule has 0 saturated carbocycles. The number of carbonyl (C=O) groups is 1. The van der Waals surface area contributed by atoms with Crippen molar-refractivity contribution in [3.05, 3.63) is 28.0 Å². The number of amides is 1. The Balaban J connectivity index is 1.96. The molecule has 1 aliphatic rings. The lowest BCUT2D eigenvalue weighted by Crippen LogP contribution is -2.39. The van der Waals surface area contributed by atoms with E-state index in [4.69, 9.17) is 23.2 Å². The van der Waals surface area contributed by atoms with Gasteiger partial charge in [0.15, 0.2) is 0 Å². The average molecular weight is 305 g/mol. The first-order chi connectivity index (χ1) is 9.08. The van der Waals surface area contributed by atoms with E-state index in [2.05, 4.69) is 5.32 Å². The van der Waals surface area contributed by atoms with E-state index in [9.17, 15) is 9.18 Å². The Kier molecular flexibility index (Phi) is 4.88. The van der Waals surface area contributed by atoms with Gasteiger partial charge in [0.2, 0.25) is 5.91 Å². The van der Waals surface area contributed by atoms with Crippen molar-refractivity contribution in [3.8, 4) is 0 Å². The van der Waals surface area contributed by atoms with Gasteiger partial charge < -0.3 is 10.2 Å². The lowest BCUT2D eigenvalue weighted by Gasteiger charge is -2.27. The minimum Gasteiger partial charge on any atom is -0.374 e. The highest BCUT2D eigenvalue weighted by Crippen LogP contribution is 2.31. The third-order valence-corrected chi connectivity index (χ3v) is 3.73. The molecule has 1 aromatic carbocycles. The van der Waals surface area contributed by atoms with Crippen LogP contribution in [0.4, 0.5) is 10.1 Å². The Morgan fingerprint density at radius 2 is 1.79 bits per heavy atom. The second kappa shape index (κ2) is 6.44. The third kappa shape index (κ3) is 3.74. The molecule has 0 aliphatic carbocycles. The molecule has 1 fully saturated rings. The van der Waals surface area contributed by atoms with Gasteiger partial charge in [-0.25, -0.2) is 4.39 Å². The number of likely N-dealkylation sites (tertiary alicyclic amines) is 1. The van der Waals surface area contributed by atoms with Gasteiger partial charge in [-0.15, -0.1) is 0 Å². The maximum atomic E-state index is 13.0. The van der Waals surface area contributed by atoms with E-state index in [-0.39, 0.29) is 22.5 Å². The minimum absolute atomic E-state index is 0.0103. The van der Waals surface area contributed by atoms with Crippen molar-refractivity contribution in [1.82, 2.24) is 4.90 Å². The Labute approximate surface area is 121 Å². The molecule has 1 aromatic rings. The summed E-state index contributed by atoms with van der Waals surface area (Å²) in [5.74, 6) is -0.487.